The third-order valence-corrected chi connectivity index (χ3v) is 3.49. The molecule has 1 aliphatic carbocycles. The van der Waals surface area contributed by atoms with Gasteiger partial charge in [0.05, 0.1) is 12.2 Å². The first kappa shape index (κ1) is 10.7. The summed E-state index contributed by atoms with van der Waals surface area (Å²) in [4.78, 5) is 0. The van der Waals surface area contributed by atoms with Crippen LogP contribution in [0.3, 0.4) is 0 Å². The van der Waals surface area contributed by atoms with E-state index in [0.29, 0.717) is 12.0 Å². The first-order chi connectivity index (χ1) is 7.31. The predicted molar refractivity (Wildman–Crippen MR) is 61.8 cm³/mol. The Morgan fingerprint density at radius 2 is 2.27 bits per heavy atom. The zero-order valence-corrected chi connectivity index (χ0v) is 9.52. The first-order valence-corrected chi connectivity index (χ1v) is 6.05. The average molecular weight is 207 g/mol. The molecule has 2 rings (SSSR count). The average Bonchev–Trinajstić information content (AvgIpc) is 2.89. The van der Waals surface area contributed by atoms with Gasteiger partial charge in [-0.05, 0) is 37.3 Å². The van der Waals surface area contributed by atoms with E-state index in [4.69, 9.17) is 5.73 Å². The standard InChI is InChI=1S/C12H21N3/c1-10(6-7-13)11-8-14-15(9-11)12-4-2-3-5-12/h8-10,12H,2-7,13H2,1H3. The second-order valence-electron chi connectivity index (χ2n) is 4.67. The minimum atomic E-state index is 0.546. The van der Waals surface area contributed by atoms with Gasteiger partial charge in [-0.2, -0.15) is 5.10 Å². The van der Waals surface area contributed by atoms with Gasteiger partial charge in [-0.1, -0.05) is 19.8 Å². The quantitative estimate of drug-likeness (QED) is 0.824. The molecular weight excluding hydrogens is 186 g/mol. The summed E-state index contributed by atoms with van der Waals surface area (Å²) >= 11 is 0. The maximum atomic E-state index is 5.57. The number of hydrogen-bond acceptors (Lipinski definition) is 2. The van der Waals surface area contributed by atoms with Crippen molar-refractivity contribution in [2.24, 2.45) is 5.73 Å². The summed E-state index contributed by atoms with van der Waals surface area (Å²) in [6.07, 6.45) is 10.6. The highest BCUT2D eigenvalue weighted by Gasteiger charge is 2.18. The second kappa shape index (κ2) is 4.79. The molecule has 0 aromatic carbocycles. The van der Waals surface area contributed by atoms with E-state index in [1.54, 1.807) is 0 Å². The first-order valence-electron chi connectivity index (χ1n) is 6.05. The van der Waals surface area contributed by atoms with Crippen molar-refractivity contribution in [2.45, 2.75) is 51.0 Å². The van der Waals surface area contributed by atoms with Crippen LogP contribution < -0.4 is 5.73 Å². The highest BCUT2D eigenvalue weighted by atomic mass is 15.3. The van der Waals surface area contributed by atoms with Gasteiger partial charge in [0.25, 0.3) is 0 Å². The van der Waals surface area contributed by atoms with Crippen molar-refractivity contribution in [3.8, 4) is 0 Å². The van der Waals surface area contributed by atoms with Crippen LogP contribution in [0.15, 0.2) is 12.4 Å². The van der Waals surface area contributed by atoms with Gasteiger partial charge in [-0.15, -0.1) is 0 Å². The van der Waals surface area contributed by atoms with Crippen LogP contribution in [-0.4, -0.2) is 16.3 Å². The summed E-state index contributed by atoms with van der Waals surface area (Å²) in [6, 6.07) is 0.656. The number of nitrogens with two attached hydrogens (primary N) is 1. The molecule has 84 valence electrons. The van der Waals surface area contributed by atoms with Crippen molar-refractivity contribution >= 4 is 0 Å². The van der Waals surface area contributed by atoms with Gasteiger partial charge < -0.3 is 5.73 Å². The van der Waals surface area contributed by atoms with Crippen LogP contribution in [0.1, 0.15) is 56.6 Å². The van der Waals surface area contributed by atoms with E-state index in [-0.39, 0.29) is 0 Å². The molecule has 1 aliphatic rings. The van der Waals surface area contributed by atoms with Crippen LogP contribution in [0.25, 0.3) is 0 Å². The molecular formula is C12H21N3. The van der Waals surface area contributed by atoms with Crippen LogP contribution in [0.2, 0.25) is 0 Å². The number of hydrogen-bond donors (Lipinski definition) is 1. The van der Waals surface area contributed by atoms with E-state index in [1.807, 2.05) is 6.20 Å². The highest BCUT2D eigenvalue weighted by molar-refractivity contribution is 5.10. The molecule has 1 fully saturated rings. The Kier molecular flexibility index (Phi) is 3.41. The fraction of sp³-hybridized carbons (Fsp3) is 0.750. The maximum absolute atomic E-state index is 5.57. The maximum Gasteiger partial charge on any atom is 0.0524 e. The topological polar surface area (TPSA) is 43.8 Å². The molecule has 1 atom stereocenters. The lowest BCUT2D eigenvalue weighted by Crippen LogP contribution is -2.05. The van der Waals surface area contributed by atoms with E-state index in [9.17, 15) is 0 Å². The minimum absolute atomic E-state index is 0.546. The molecule has 2 N–H and O–H groups in total. The monoisotopic (exact) mass is 207 g/mol. The Hall–Kier alpha value is -0.830. The summed E-state index contributed by atoms with van der Waals surface area (Å²) in [5.74, 6) is 0.546. The van der Waals surface area contributed by atoms with Crippen molar-refractivity contribution in [1.82, 2.24) is 9.78 Å². The molecule has 0 spiro atoms. The molecule has 1 unspecified atom stereocenters. The van der Waals surface area contributed by atoms with E-state index < -0.39 is 0 Å². The lowest BCUT2D eigenvalue weighted by atomic mass is 10.0. The smallest absolute Gasteiger partial charge is 0.0524 e. The lowest BCUT2D eigenvalue weighted by molar-refractivity contribution is 0.466. The van der Waals surface area contributed by atoms with Gasteiger partial charge in [-0.25, -0.2) is 0 Å². The summed E-state index contributed by atoms with van der Waals surface area (Å²) in [6.45, 7) is 2.98. The SMILES string of the molecule is CC(CCN)c1cnn(C2CCCC2)c1. The number of nitrogens with zero attached hydrogens (tertiary/aromatic N) is 2. The number of rotatable bonds is 4. The normalized spacial score (nSPS) is 19.6. The van der Waals surface area contributed by atoms with Gasteiger partial charge in [0.15, 0.2) is 0 Å². The zero-order chi connectivity index (χ0) is 10.7. The minimum Gasteiger partial charge on any atom is -0.330 e. The molecule has 1 aromatic rings. The number of aromatic nitrogens is 2. The van der Waals surface area contributed by atoms with Crippen LogP contribution in [0.4, 0.5) is 0 Å². The van der Waals surface area contributed by atoms with Crippen LogP contribution in [-0.2, 0) is 0 Å². The third-order valence-electron chi connectivity index (χ3n) is 3.49. The Morgan fingerprint density at radius 1 is 1.53 bits per heavy atom. The van der Waals surface area contributed by atoms with Crippen molar-refractivity contribution in [3.05, 3.63) is 18.0 Å². The van der Waals surface area contributed by atoms with Gasteiger partial charge in [0, 0.05) is 6.20 Å². The molecule has 0 amide bonds. The van der Waals surface area contributed by atoms with Crippen molar-refractivity contribution in [3.63, 3.8) is 0 Å². The van der Waals surface area contributed by atoms with Crippen molar-refractivity contribution in [2.75, 3.05) is 6.54 Å². The van der Waals surface area contributed by atoms with Gasteiger partial charge in [0.1, 0.15) is 0 Å². The Labute approximate surface area is 91.7 Å². The van der Waals surface area contributed by atoms with Gasteiger partial charge in [0.2, 0.25) is 0 Å². The molecule has 0 radical (unpaired) electrons. The summed E-state index contributed by atoms with van der Waals surface area (Å²) in [5, 5.41) is 4.48. The Balaban J connectivity index is 2.02. The molecule has 1 aromatic heterocycles. The van der Waals surface area contributed by atoms with E-state index >= 15 is 0 Å². The van der Waals surface area contributed by atoms with Crippen molar-refractivity contribution in [1.29, 1.82) is 0 Å². The largest absolute Gasteiger partial charge is 0.330 e. The molecule has 3 nitrogen and oxygen atoms in total. The Bertz CT molecular complexity index is 300. The molecule has 1 saturated carbocycles. The fourth-order valence-electron chi connectivity index (χ4n) is 2.39. The van der Waals surface area contributed by atoms with E-state index in [0.717, 1.165) is 13.0 Å². The summed E-state index contributed by atoms with van der Waals surface area (Å²) < 4.78 is 2.16. The molecule has 1 heterocycles. The second-order valence-corrected chi connectivity index (χ2v) is 4.67. The van der Waals surface area contributed by atoms with Crippen LogP contribution >= 0.6 is 0 Å². The molecule has 15 heavy (non-hydrogen) atoms. The molecule has 3 heteroatoms. The van der Waals surface area contributed by atoms with E-state index in [2.05, 4.69) is 22.9 Å². The summed E-state index contributed by atoms with van der Waals surface area (Å²) in [7, 11) is 0. The van der Waals surface area contributed by atoms with E-state index in [1.165, 1.54) is 31.2 Å². The fourth-order valence-corrected chi connectivity index (χ4v) is 2.39. The van der Waals surface area contributed by atoms with Crippen molar-refractivity contribution < 1.29 is 0 Å². The lowest BCUT2D eigenvalue weighted by Gasteiger charge is -2.09. The van der Waals surface area contributed by atoms with Crippen LogP contribution in [0, 0.1) is 0 Å². The molecule has 0 aliphatic heterocycles. The van der Waals surface area contributed by atoms with Crippen LogP contribution in [0.5, 0.6) is 0 Å². The third kappa shape index (κ3) is 2.40. The van der Waals surface area contributed by atoms with Gasteiger partial charge in [-0.3, -0.25) is 4.68 Å². The van der Waals surface area contributed by atoms with Gasteiger partial charge >= 0.3 is 0 Å². The predicted octanol–water partition coefficient (Wildman–Crippen LogP) is 2.45. The highest BCUT2D eigenvalue weighted by Crippen LogP contribution is 2.29. The zero-order valence-electron chi connectivity index (χ0n) is 9.52. The molecule has 0 saturated heterocycles. The Morgan fingerprint density at radius 3 is 2.93 bits per heavy atom. The summed E-state index contributed by atoms with van der Waals surface area (Å²) in [5.41, 5.74) is 6.91. The molecule has 0 bridgehead atoms.